The molecule has 0 aliphatic carbocycles. The number of unbranched alkanes of at least 4 members (excludes halogenated alkanes) is 4. The van der Waals surface area contributed by atoms with E-state index in [1.54, 1.807) is 0 Å². The maximum Gasteiger partial charge on any atom is 0.106 e. The van der Waals surface area contributed by atoms with E-state index in [4.69, 9.17) is 0 Å². The zero-order chi connectivity index (χ0) is 13.2. The second kappa shape index (κ2) is 9.29. The monoisotopic (exact) mass is 252 g/mol. The molecule has 0 aromatic carbocycles. The number of allylic oxidation sites excluding steroid dienone is 2. The van der Waals surface area contributed by atoms with Crippen molar-refractivity contribution in [1.82, 2.24) is 4.90 Å². The van der Waals surface area contributed by atoms with E-state index >= 15 is 0 Å². The zero-order valence-corrected chi connectivity index (χ0v) is 11.9. The lowest BCUT2D eigenvalue weighted by Crippen LogP contribution is -2.37. The largest absolute Gasteiger partial charge is 0.379 e. The van der Waals surface area contributed by atoms with E-state index in [1.807, 2.05) is 18.0 Å². The van der Waals surface area contributed by atoms with Crippen molar-refractivity contribution in [2.75, 3.05) is 6.54 Å². The van der Waals surface area contributed by atoms with Crippen LogP contribution in [-0.2, 0) is 0 Å². The molecule has 104 valence electrons. The van der Waals surface area contributed by atoms with Crippen LogP contribution in [0.25, 0.3) is 0 Å². The molecular weight excluding hydrogens is 224 g/mol. The van der Waals surface area contributed by atoms with Crippen molar-refractivity contribution < 1.29 is 5.11 Å². The van der Waals surface area contributed by atoms with Crippen LogP contribution in [0, 0.1) is 0 Å². The van der Waals surface area contributed by atoms with Gasteiger partial charge in [0.15, 0.2) is 0 Å². The molecule has 1 aliphatic heterocycles. The molecule has 0 amide bonds. The molecule has 1 N–H and O–H groups in total. The first-order valence-corrected chi connectivity index (χ1v) is 7.36. The van der Waals surface area contributed by atoms with Gasteiger partial charge >= 0.3 is 0 Å². The highest BCUT2D eigenvalue weighted by molar-refractivity contribution is 5.62. The van der Waals surface area contributed by atoms with Crippen molar-refractivity contribution in [2.24, 2.45) is 4.99 Å². The molecule has 1 rings (SSSR count). The number of hydrogen-bond donors (Lipinski definition) is 1. The Balaban J connectivity index is 2.04. The number of aliphatic hydroxyl groups excluding tert-OH is 1. The van der Waals surface area contributed by atoms with E-state index in [-0.39, 0.29) is 12.4 Å². The summed E-state index contributed by atoms with van der Waals surface area (Å²) < 4.78 is 0. The molecular formula is C15H28N2O. The molecule has 0 fully saturated rings. The lowest BCUT2D eigenvalue weighted by atomic mass is 10.1. The van der Waals surface area contributed by atoms with E-state index in [9.17, 15) is 5.11 Å². The molecule has 3 nitrogen and oxygen atoms in total. The van der Waals surface area contributed by atoms with E-state index in [2.05, 4.69) is 24.1 Å². The SMILES string of the molecule is CCCC/C=C/CCCCC1N=CCN1C(C)O. The third-order valence-corrected chi connectivity index (χ3v) is 3.41. The Bertz CT molecular complexity index is 261. The molecule has 1 aliphatic rings. The summed E-state index contributed by atoms with van der Waals surface area (Å²) >= 11 is 0. The van der Waals surface area contributed by atoms with E-state index in [1.165, 1.54) is 38.5 Å². The number of nitrogens with zero attached hydrogens (tertiary/aromatic N) is 2. The van der Waals surface area contributed by atoms with Crippen molar-refractivity contribution in [2.45, 2.75) is 71.2 Å². The highest BCUT2D eigenvalue weighted by Gasteiger charge is 2.23. The Hall–Kier alpha value is -0.670. The third-order valence-electron chi connectivity index (χ3n) is 3.41. The molecule has 0 aromatic rings. The molecule has 0 radical (unpaired) electrons. The van der Waals surface area contributed by atoms with Crippen molar-refractivity contribution in [3.63, 3.8) is 0 Å². The molecule has 1 heterocycles. The van der Waals surface area contributed by atoms with Gasteiger partial charge in [-0.25, -0.2) is 0 Å². The fraction of sp³-hybridized carbons (Fsp3) is 0.800. The first-order chi connectivity index (χ1) is 8.75. The normalized spacial score (nSPS) is 22.1. The second-order valence-electron chi connectivity index (χ2n) is 5.04. The zero-order valence-electron chi connectivity index (χ0n) is 11.9. The lowest BCUT2D eigenvalue weighted by Gasteiger charge is -2.25. The molecule has 0 saturated heterocycles. The summed E-state index contributed by atoms with van der Waals surface area (Å²) in [6.07, 6.45) is 14.8. The predicted molar refractivity (Wildman–Crippen MR) is 77.8 cm³/mol. The molecule has 0 aromatic heterocycles. The van der Waals surface area contributed by atoms with Gasteiger partial charge in [0.05, 0.1) is 0 Å². The molecule has 2 atom stereocenters. The van der Waals surface area contributed by atoms with Crippen molar-refractivity contribution in [3.05, 3.63) is 12.2 Å². The average Bonchev–Trinajstić information content (AvgIpc) is 2.81. The summed E-state index contributed by atoms with van der Waals surface area (Å²) in [5.41, 5.74) is 0. The van der Waals surface area contributed by atoms with Gasteiger partial charge in [0, 0.05) is 12.8 Å². The Morgan fingerprint density at radius 3 is 2.72 bits per heavy atom. The van der Waals surface area contributed by atoms with Crippen LogP contribution in [-0.4, -0.2) is 35.2 Å². The van der Waals surface area contributed by atoms with Gasteiger partial charge in [-0.3, -0.25) is 9.89 Å². The number of hydrogen-bond acceptors (Lipinski definition) is 3. The van der Waals surface area contributed by atoms with Gasteiger partial charge in [-0.1, -0.05) is 31.9 Å². The maximum atomic E-state index is 9.58. The topological polar surface area (TPSA) is 35.8 Å². The summed E-state index contributed by atoms with van der Waals surface area (Å²) in [7, 11) is 0. The minimum atomic E-state index is -0.383. The van der Waals surface area contributed by atoms with Crippen LogP contribution in [0.1, 0.15) is 58.8 Å². The Morgan fingerprint density at radius 2 is 2.06 bits per heavy atom. The first kappa shape index (κ1) is 15.4. The van der Waals surface area contributed by atoms with Crippen molar-refractivity contribution in [3.8, 4) is 0 Å². The van der Waals surface area contributed by atoms with Crippen LogP contribution in [0.15, 0.2) is 17.1 Å². The van der Waals surface area contributed by atoms with Crippen LogP contribution in [0.5, 0.6) is 0 Å². The molecule has 3 heteroatoms. The van der Waals surface area contributed by atoms with Gasteiger partial charge in [-0.15, -0.1) is 0 Å². The van der Waals surface area contributed by atoms with Crippen LogP contribution < -0.4 is 0 Å². The quantitative estimate of drug-likeness (QED) is 0.504. The summed E-state index contributed by atoms with van der Waals surface area (Å²) in [6, 6.07) is 0. The van der Waals surface area contributed by atoms with E-state index < -0.39 is 0 Å². The van der Waals surface area contributed by atoms with Gasteiger partial charge in [-0.2, -0.15) is 0 Å². The second-order valence-corrected chi connectivity index (χ2v) is 5.04. The fourth-order valence-electron chi connectivity index (χ4n) is 2.26. The van der Waals surface area contributed by atoms with Gasteiger partial charge in [0.2, 0.25) is 0 Å². The van der Waals surface area contributed by atoms with Crippen LogP contribution >= 0.6 is 0 Å². The Kier molecular flexibility index (Phi) is 7.94. The number of rotatable bonds is 9. The molecule has 0 saturated carbocycles. The smallest absolute Gasteiger partial charge is 0.106 e. The highest BCUT2D eigenvalue weighted by Crippen LogP contribution is 2.16. The maximum absolute atomic E-state index is 9.58. The summed E-state index contributed by atoms with van der Waals surface area (Å²) in [5.74, 6) is 0. The van der Waals surface area contributed by atoms with Crippen molar-refractivity contribution >= 4 is 6.21 Å². The van der Waals surface area contributed by atoms with E-state index in [0.29, 0.717) is 0 Å². The summed E-state index contributed by atoms with van der Waals surface area (Å²) in [4.78, 5) is 6.46. The molecule has 2 unspecified atom stereocenters. The minimum Gasteiger partial charge on any atom is -0.379 e. The Labute approximate surface area is 112 Å². The van der Waals surface area contributed by atoms with Crippen LogP contribution in [0.3, 0.4) is 0 Å². The molecule has 18 heavy (non-hydrogen) atoms. The third kappa shape index (κ3) is 5.78. The van der Waals surface area contributed by atoms with Gasteiger partial charge < -0.3 is 5.11 Å². The van der Waals surface area contributed by atoms with Crippen LogP contribution in [0.4, 0.5) is 0 Å². The molecule has 0 bridgehead atoms. The van der Waals surface area contributed by atoms with Gasteiger partial charge in [0.1, 0.15) is 12.4 Å². The summed E-state index contributed by atoms with van der Waals surface area (Å²) in [5, 5.41) is 9.58. The Morgan fingerprint density at radius 1 is 1.33 bits per heavy atom. The van der Waals surface area contributed by atoms with Gasteiger partial charge in [0.25, 0.3) is 0 Å². The van der Waals surface area contributed by atoms with Crippen LogP contribution in [0.2, 0.25) is 0 Å². The predicted octanol–water partition coefficient (Wildman–Crippen LogP) is 3.34. The fourth-order valence-corrected chi connectivity index (χ4v) is 2.26. The number of aliphatic imine (C=N–C) groups is 1. The average molecular weight is 252 g/mol. The van der Waals surface area contributed by atoms with Crippen molar-refractivity contribution in [1.29, 1.82) is 0 Å². The summed E-state index contributed by atoms with van der Waals surface area (Å²) in [6.45, 7) is 4.83. The van der Waals surface area contributed by atoms with E-state index in [0.717, 1.165) is 13.0 Å². The molecule has 0 spiro atoms. The number of aliphatic hydroxyl groups is 1. The first-order valence-electron chi connectivity index (χ1n) is 7.36. The minimum absolute atomic E-state index is 0.203. The standard InChI is InChI=1S/C15H28N2O/c1-3-4-5-6-7-8-9-10-11-15-16-12-13-17(15)14(2)18/h6-7,12,14-15,18H,3-5,8-11,13H2,1-2H3/b7-6+. The van der Waals surface area contributed by atoms with Gasteiger partial charge in [-0.05, 0) is 39.0 Å². The highest BCUT2D eigenvalue weighted by atomic mass is 16.3. The lowest BCUT2D eigenvalue weighted by molar-refractivity contribution is 0.00715.